The first-order valence-electron chi connectivity index (χ1n) is 7.61. The van der Waals surface area contributed by atoms with Gasteiger partial charge in [-0.05, 0) is 47.6 Å². The molecule has 0 saturated carbocycles. The second-order valence-corrected chi connectivity index (χ2v) is 5.85. The number of hydrogen-bond acceptors (Lipinski definition) is 2. The van der Waals surface area contributed by atoms with Crippen molar-refractivity contribution < 1.29 is 0 Å². The van der Waals surface area contributed by atoms with Crippen molar-refractivity contribution in [2.45, 2.75) is 32.2 Å². The van der Waals surface area contributed by atoms with Crippen LogP contribution in [0.25, 0.3) is 22.2 Å². The molecule has 0 radical (unpaired) electrons. The van der Waals surface area contributed by atoms with Crippen molar-refractivity contribution in [1.82, 2.24) is 9.97 Å². The number of benzene rings is 1. The van der Waals surface area contributed by atoms with Gasteiger partial charge in [-0.25, -0.2) is 4.98 Å². The number of aromatic amines is 1. The number of pyridine rings is 1. The number of nitrogens with two attached hydrogens (primary N) is 1. The molecule has 2 heterocycles. The van der Waals surface area contributed by atoms with Crippen LogP contribution in [-0.4, -0.2) is 9.97 Å². The zero-order valence-electron chi connectivity index (χ0n) is 12.2. The minimum atomic E-state index is 0.214. The summed E-state index contributed by atoms with van der Waals surface area (Å²) in [5, 5.41) is 1.23. The van der Waals surface area contributed by atoms with Crippen LogP contribution in [0.5, 0.6) is 0 Å². The minimum Gasteiger partial charge on any atom is -0.346 e. The molecule has 1 aliphatic rings. The third-order valence-corrected chi connectivity index (χ3v) is 4.60. The van der Waals surface area contributed by atoms with Gasteiger partial charge in [-0.1, -0.05) is 25.1 Å². The average Bonchev–Trinajstić information content (AvgIpc) is 3.10. The van der Waals surface area contributed by atoms with Crippen LogP contribution >= 0.6 is 0 Å². The standard InChI is InChI=1S/C18H19N3/c1-2-11-9-20-18-16(11)8-14(10-21-18)12-3-5-15-13(7-12)4-6-17(15)19/h3,5,7-10,17H,2,4,6,19H2,1H3,(H,20,21)/t17-/m0/s1. The highest BCUT2D eigenvalue weighted by molar-refractivity contribution is 5.84. The fourth-order valence-corrected chi connectivity index (χ4v) is 3.34. The third kappa shape index (κ3) is 1.96. The number of nitrogens with zero attached hydrogens (tertiary/aromatic N) is 1. The lowest BCUT2D eigenvalue weighted by Crippen LogP contribution is -2.04. The Labute approximate surface area is 124 Å². The van der Waals surface area contributed by atoms with Crippen molar-refractivity contribution in [2.24, 2.45) is 5.73 Å². The average molecular weight is 277 g/mol. The molecule has 0 fully saturated rings. The van der Waals surface area contributed by atoms with E-state index in [4.69, 9.17) is 5.73 Å². The van der Waals surface area contributed by atoms with Crippen molar-refractivity contribution in [3.05, 3.63) is 53.3 Å². The van der Waals surface area contributed by atoms with Gasteiger partial charge in [0.25, 0.3) is 0 Å². The maximum atomic E-state index is 6.12. The molecule has 1 aliphatic carbocycles. The molecule has 2 aromatic heterocycles. The largest absolute Gasteiger partial charge is 0.346 e. The summed E-state index contributed by atoms with van der Waals surface area (Å²) in [6.07, 6.45) is 7.18. The smallest absolute Gasteiger partial charge is 0.137 e. The Hall–Kier alpha value is -2.13. The summed E-state index contributed by atoms with van der Waals surface area (Å²) < 4.78 is 0. The molecular weight excluding hydrogens is 258 g/mol. The van der Waals surface area contributed by atoms with E-state index >= 15 is 0 Å². The fraction of sp³-hybridized carbons (Fsp3) is 0.278. The van der Waals surface area contributed by atoms with E-state index < -0.39 is 0 Å². The van der Waals surface area contributed by atoms with E-state index in [-0.39, 0.29) is 6.04 Å². The molecule has 0 unspecified atom stereocenters. The Bertz CT molecular complexity index is 816. The second kappa shape index (κ2) is 4.71. The number of fused-ring (bicyclic) bond motifs is 2. The molecule has 0 spiro atoms. The number of nitrogens with one attached hydrogen (secondary N) is 1. The van der Waals surface area contributed by atoms with Crippen LogP contribution in [0.15, 0.2) is 36.7 Å². The SMILES string of the molecule is CCc1c[nH]c2ncc(-c3ccc4c(c3)CC[C@@H]4N)cc12. The number of H-pyrrole nitrogens is 1. The number of hydrogen-bond donors (Lipinski definition) is 2. The van der Waals surface area contributed by atoms with Crippen LogP contribution < -0.4 is 5.73 Å². The van der Waals surface area contributed by atoms with Crippen LogP contribution in [0, 0.1) is 0 Å². The molecule has 0 bridgehead atoms. The molecule has 0 saturated heterocycles. The zero-order chi connectivity index (χ0) is 14.4. The number of rotatable bonds is 2. The Morgan fingerprint density at radius 3 is 3.05 bits per heavy atom. The second-order valence-electron chi connectivity index (χ2n) is 5.85. The van der Waals surface area contributed by atoms with E-state index in [0.29, 0.717) is 0 Å². The van der Waals surface area contributed by atoms with Crippen LogP contribution in [-0.2, 0) is 12.8 Å². The van der Waals surface area contributed by atoms with Gasteiger partial charge < -0.3 is 10.7 Å². The number of aryl methyl sites for hydroxylation is 2. The van der Waals surface area contributed by atoms with Crippen LogP contribution in [0.1, 0.15) is 36.1 Å². The molecule has 3 aromatic rings. The van der Waals surface area contributed by atoms with Gasteiger partial charge in [-0.15, -0.1) is 0 Å². The highest BCUT2D eigenvalue weighted by atomic mass is 14.8. The Morgan fingerprint density at radius 2 is 2.19 bits per heavy atom. The van der Waals surface area contributed by atoms with Crippen LogP contribution in [0.4, 0.5) is 0 Å². The van der Waals surface area contributed by atoms with Crippen molar-refractivity contribution in [1.29, 1.82) is 0 Å². The van der Waals surface area contributed by atoms with E-state index in [1.807, 2.05) is 6.20 Å². The fourth-order valence-electron chi connectivity index (χ4n) is 3.34. The summed E-state index contributed by atoms with van der Waals surface area (Å²) in [6, 6.07) is 9.10. The Balaban J connectivity index is 1.83. The monoisotopic (exact) mass is 277 g/mol. The molecular formula is C18H19N3. The van der Waals surface area contributed by atoms with E-state index in [1.165, 1.54) is 33.2 Å². The van der Waals surface area contributed by atoms with Gasteiger partial charge >= 0.3 is 0 Å². The summed E-state index contributed by atoms with van der Waals surface area (Å²) in [7, 11) is 0. The summed E-state index contributed by atoms with van der Waals surface area (Å²) in [4.78, 5) is 7.79. The molecule has 3 heteroatoms. The lowest BCUT2D eigenvalue weighted by atomic mass is 10.00. The van der Waals surface area contributed by atoms with Crippen LogP contribution in [0.2, 0.25) is 0 Å². The molecule has 1 atom stereocenters. The topological polar surface area (TPSA) is 54.7 Å². The zero-order valence-corrected chi connectivity index (χ0v) is 12.2. The van der Waals surface area contributed by atoms with Crippen molar-refractivity contribution in [2.75, 3.05) is 0 Å². The lowest BCUT2D eigenvalue weighted by Gasteiger charge is -2.08. The highest BCUT2D eigenvalue weighted by Crippen LogP contribution is 2.33. The molecule has 3 nitrogen and oxygen atoms in total. The first kappa shape index (κ1) is 12.6. The third-order valence-electron chi connectivity index (χ3n) is 4.60. The molecule has 21 heavy (non-hydrogen) atoms. The Morgan fingerprint density at radius 1 is 1.29 bits per heavy atom. The summed E-state index contributed by atoms with van der Waals surface area (Å²) in [5.74, 6) is 0. The van der Waals surface area contributed by atoms with Gasteiger partial charge in [-0.3, -0.25) is 0 Å². The van der Waals surface area contributed by atoms with E-state index in [2.05, 4.69) is 47.4 Å². The van der Waals surface area contributed by atoms with E-state index in [9.17, 15) is 0 Å². The minimum absolute atomic E-state index is 0.214. The normalized spacial score (nSPS) is 17.3. The van der Waals surface area contributed by atoms with Gasteiger partial charge in [0.1, 0.15) is 5.65 Å². The van der Waals surface area contributed by atoms with Crippen molar-refractivity contribution >= 4 is 11.0 Å². The predicted octanol–water partition coefficient (Wildman–Crippen LogP) is 3.74. The summed E-state index contributed by atoms with van der Waals surface area (Å²) in [6.45, 7) is 2.17. The van der Waals surface area contributed by atoms with Crippen LogP contribution in [0.3, 0.4) is 0 Å². The number of aromatic nitrogens is 2. The van der Waals surface area contributed by atoms with E-state index in [0.717, 1.165) is 24.9 Å². The first-order chi connectivity index (χ1) is 10.3. The molecule has 3 N–H and O–H groups in total. The van der Waals surface area contributed by atoms with Gasteiger partial charge in [0.2, 0.25) is 0 Å². The summed E-state index contributed by atoms with van der Waals surface area (Å²) >= 11 is 0. The van der Waals surface area contributed by atoms with E-state index in [1.54, 1.807) is 0 Å². The van der Waals surface area contributed by atoms with Gasteiger partial charge in [0.15, 0.2) is 0 Å². The lowest BCUT2D eigenvalue weighted by molar-refractivity contribution is 0.713. The summed E-state index contributed by atoms with van der Waals surface area (Å²) in [5.41, 5.74) is 13.5. The quantitative estimate of drug-likeness (QED) is 0.749. The molecule has 106 valence electrons. The molecule has 4 rings (SSSR count). The van der Waals surface area contributed by atoms with Gasteiger partial charge in [-0.2, -0.15) is 0 Å². The maximum absolute atomic E-state index is 6.12. The maximum Gasteiger partial charge on any atom is 0.137 e. The molecule has 0 aliphatic heterocycles. The first-order valence-corrected chi connectivity index (χ1v) is 7.61. The predicted molar refractivity (Wildman–Crippen MR) is 86.2 cm³/mol. The van der Waals surface area contributed by atoms with Gasteiger partial charge in [0.05, 0.1) is 0 Å². The highest BCUT2D eigenvalue weighted by Gasteiger charge is 2.19. The molecule has 0 amide bonds. The molecule has 1 aromatic carbocycles. The van der Waals surface area contributed by atoms with Crippen molar-refractivity contribution in [3.8, 4) is 11.1 Å². The van der Waals surface area contributed by atoms with Crippen molar-refractivity contribution in [3.63, 3.8) is 0 Å². The van der Waals surface area contributed by atoms with Gasteiger partial charge in [0, 0.05) is 29.4 Å². The Kier molecular flexibility index (Phi) is 2.82.